The van der Waals surface area contributed by atoms with Crippen molar-refractivity contribution in [2.24, 2.45) is 5.73 Å². The SMILES string of the molecule is NCCn1nnnc1SC1CCCC1O. The molecule has 1 saturated carbocycles. The van der Waals surface area contributed by atoms with E-state index in [-0.39, 0.29) is 11.4 Å². The molecular weight excluding hydrogens is 214 g/mol. The molecule has 3 N–H and O–H groups in total. The molecule has 1 fully saturated rings. The van der Waals surface area contributed by atoms with E-state index in [0.717, 1.165) is 24.4 Å². The van der Waals surface area contributed by atoms with Gasteiger partial charge in [0.15, 0.2) is 0 Å². The molecule has 2 rings (SSSR count). The van der Waals surface area contributed by atoms with E-state index in [9.17, 15) is 5.11 Å². The van der Waals surface area contributed by atoms with Crippen molar-refractivity contribution in [2.75, 3.05) is 6.54 Å². The zero-order valence-electron chi connectivity index (χ0n) is 8.41. The van der Waals surface area contributed by atoms with Crippen LogP contribution < -0.4 is 5.73 Å². The molecule has 0 aromatic carbocycles. The Bertz CT molecular complexity index is 318. The molecule has 0 bridgehead atoms. The highest BCUT2D eigenvalue weighted by atomic mass is 32.2. The fraction of sp³-hybridized carbons (Fsp3) is 0.875. The largest absolute Gasteiger partial charge is 0.392 e. The Kier molecular flexibility index (Phi) is 3.55. The van der Waals surface area contributed by atoms with E-state index < -0.39 is 0 Å². The minimum atomic E-state index is -0.224. The maximum absolute atomic E-state index is 9.69. The normalized spacial score (nSPS) is 26.0. The number of rotatable bonds is 4. The summed E-state index contributed by atoms with van der Waals surface area (Å²) in [6.45, 7) is 1.14. The Labute approximate surface area is 92.2 Å². The molecule has 1 aliphatic carbocycles. The van der Waals surface area contributed by atoms with Crippen LogP contribution in [0.5, 0.6) is 0 Å². The second-order valence-electron chi connectivity index (χ2n) is 3.63. The van der Waals surface area contributed by atoms with Crippen LogP contribution in [0.2, 0.25) is 0 Å². The molecule has 0 saturated heterocycles. The fourth-order valence-corrected chi connectivity index (χ4v) is 2.90. The summed E-state index contributed by atoms with van der Waals surface area (Å²) in [5.74, 6) is 0. The molecule has 7 heteroatoms. The van der Waals surface area contributed by atoms with Gasteiger partial charge < -0.3 is 10.8 Å². The van der Waals surface area contributed by atoms with Crippen LogP contribution in [0.4, 0.5) is 0 Å². The van der Waals surface area contributed by atoms with Crippen molar-refractivity contribution in [1.29, 1.82) is 0 Å². The molecule has 1 aliphatic rings. The van der Waals surface area contributed by atoms with Gasteiger partial charge in [-0.05, 0) is 29.7 Å². The quantitative estimate of drug-likeness (QED) is 0.732. The molecule has 1 aromatic heterocycles. The van der Waals surface area contributed by atoms with Crippen molar-refractivity contribution in [1.82, 2.24) is 20.2 Å². The first-order chi connectivity index (χ1) is 7.31. The summed E-state index contributed by atoms with van der Waals surface area (Å²) < 4.78 is 1.69. The van der Waals surface area contributed by atoms with Gasteiger partial charge in [0.2, 0.25) is 5.16 Å². The Morgan fingerprint density at radius 3 is 3.07 bits per heavy atom. The lowest BCUT2D eigenvalue weighted by Crippen LogP contribution is -2.17. The predicted molar refractivity (Wildman–Crippen MR) is 56.4 cm³/mol. The van der Waals surface area contributed by atoms with Crippen LogP contribution in [-0.4, -0.2) is 43.2 Å². The molecule has 2 unspecified atom stereocenters. The number of hydrogen-bond acceptors (Lipinski definition) is 6. The van der Waals surface area contributed by atoms with E-state index in [0.29, 0.717) is 13.1 Å². The van der Waals surface area contributed by atoms with Gasteiger partial charge in [-0.25, -0.2) is 4.68 Å². The number of hydrogen-bond donors (Lipinski definition) is 2. The van der Waals surface area contributed by atoms with Gasteiger partial charge in [-0.3, -0.25) is 0 Å². The Hall–Kier alpha value is -0.660. The summed E-state index contributed by atoms with van der Waals surface area (Å²) in [5, 5.41) is 22.1. The van der Waals surface area contributed by atoms with Crippen molar-refractivity contribution < 1.29 is 5.11 Å². The summed E-state index contributed by atoms with van der Waals surface area (Å²) in [5.41, 5.74) is 5.45. The summed E-state index contributed by atoms with van der Waals surface area (Å²) in [7, 11) is 0. The molecule has 84 valence electrons. The van der Waals surface area contributed by atoms with Gasteiger partial charge in [-0.1, -0.05) is 11.8 Å². The summed E-state index contributed by atoms with van der Waals surface area (Å²) >= 11 is 1.55. The number of aliphatic hydroxyl groups is 1. The van der Waals surface area contributed by atoms with Gasteiger partial charge in [0.1, 0.15) is 0 Å². The van der Waals surface area contributed by atoms with Crippen LogP contribution in [0.1, 0.15) is 19.3 Å². The highest BCUT2D eigenvalue weighted by Crippen LogP contribution is 2.33. The highest BCUT2D eigenvalue weighted by molar-refractivity contribution is 7.99. The molecule has 0 aliphatic heterocycles. The Morgan fingerprint density at radius 1 is 1.53 bits per heavy atom. The van der Waals surface area contributed by atoms with E-state index in [4.69, 9.17) is 5.73 Å². The third-order valence-electron chi connectivity index (χ3n) is 2.51. The second-order valence-corrected chi connectivity index (χ2v) is 4.83. The second kappa shape index (κ2) is 4.91. The van der Waals surface area contributed by atoms with Crippen molar-refractivity contribution in [2.45, 2.75) is 42.3 Å². The van der Waals surface area contributed by atoms with Gasteiger partial charge in [0.25, 0.3) is 0 Å². The average molecular weight is 229 g/mol. The van der Waals surface area contributed by atoms with Crippen LogP contribution in [0.25, 0.3) is 0 Å². The Morgan fingerprint density at radius 2 is 2.40 bits per heavy atom. The summed E-state index contributed by atoms with van der Waals surface area (Å²) in [6.07, 6.45) is 2.77. The minimum absolute atomic E-state index is 0.224. The smallest absolute Gasteiger partial charge is 0.209 e. The molecule has 15 heavy (non-hydrogen) atoms. The van der Waals surface area contributed by atoms with E-state index in [2.05, 4.69) is 15.5 Å². The molecule has 1 heterocycles. The first kappa shape index (κ1) is 10.8. The first-order valence-corrected chi connectivity index (χ1v) is 6.00. The number of thioether (sulfide) groups is 1. The lowest BCUT2D eigenvalue weighted by atomic mass is 10.3. The lowest BCUT2D eigenvalue weighted by molar-refractivity contribution is 0.188. The average Bonchev–Trinajstić information content (AvgIpc) is 2.80. The van der Waals surface area contributed by atoms with Crippen LogP contribution in [0, 0.1) is 0 Å². The number of aromatic nitrogens is 4. The molecule has 0 spiro atoms. The van der Waals surface area contributed by atoms with E-state index in [1.165, 1.54) is 0 Å². The number of tetrazole rings is 1. The summed E-state index contributed by atoms with van der Waals surface area (Å²) in [6, 6.07) is 0. The maximum Gasteiger partial charge on any atom is 0.209 e. The number of aliphatic hydroxyl groups excluding tert-OH is 1. The van der Waals surface area contributed by atoms with Gasteiger partial charge in [-0.2, -0.15) is 0 Å². The zero-order chi connectivity index (χ0) is 10.7. The molecule has 2 atom stereocenters. The number of nitrogens with two attached hydrogens (primary N) is 1. The topological polar surface area (TPSA) is 89.9 Å². The molecular formula is C8H15N5OS. The third kappa shape index (κ3) is 2.47. The van der Waals surface area contributed by atoms with Crippen molar-refractivity contribution in [3.8, 4) is 0 Å². The van der Waals surface area contributed by atoms with Crippen LogP contribution >= 0.6 is 11.8 Å². The first-order valence-electron chi connectivity index (χ1n) is 5.12. The van der Waals surface area contributed by atoms with Crippen molar-refractivity contribution in [3.63, 3.8) is 0 Å². The maximum atomic E-state index is 9.69. The summed E-state index contributed by atoms with van der Waals surface area (Å²) in [4.78, 5) is 0. The van der Waals surface area contributed by atoms with E-state index in [1.54, 1.807) is 16.4 Å². The molecule has 1 aromatic rings. The third-order valence-corrected chi connectivity index (χ3v) is 3.87. The van der Waals surface area contributed by atoms with Crippen molar-refractivity contribution in [3.05, 3.63) is 0 Å². The van der Waals surface area contributed by atoms with Gasteiger partial charge in [-0.15, -0.1) is 5.10 Å². The molecule has 0 amide bonds. The predicted octanol–water partition coefficient (Wildman–Crippen LogP) is -0.363. The zero-order valence-corrected chi connectivity index (χ0v) is 9.23. The minimum Gasteiger partial charge on any atom is -0.392 e. The fourth-order valence-electron chi connectivity index (χ4n) is 1.72. The molecule has 0 radical (unpaired) electrons. The van der Waals surface area contributed by atoms with Crippen LogP contribution in [-0.2, 0) is 6.54 Å². The molecule has 6 nitrogen and oxygen atoms in total. The van der Waals surface area contributed by atoms with Gasteiger partial charge in [0.05, 0.1) is 12.6 Å². The van der Waals surface area contributed by atoms with Gasteiger partial charge in [0, 0.05) is 11.8 Å². The van der Waals surface area contributed by atoms with Crippen molar-refractivity contribution >= 4 is 11.8 Å². The van der Waals surface area contributed by atoms with E-state index in [1.807, 2.05) is 0 Å². The van der Waals surface area contributed by atoms with Crippen LogP contribution in [0.3, 0.4) is 0 Å². The van der Waals surface area contributed by atoms with E-state index >= 15 is 0 Å². The monoisotopic (exact) mass is 229 g/mol. The standard InChI is InChI=1S/C8H15N5OS/c9-4-5-13-8(10-11-12-13)15-7-3-1-2-6(7)14/h6-7,14H,1-5,9H2. The van der Waals surface area contributed by atoms with Crippen LogP contribution in [0.15, 0.2) is 5.16 Å². The highest BCUT2D eigenvalue weighted by Gasteiger charge is 2.27. The number of nitrogens with zero attached hydrogens (tertiary/aromatic N) is 4. The van der Waals surface area contributed by atoms with Gasteiger partial charge >= 0.3 is 0 Å². The Balaban J connectivity index is 2.00. The lowest BCUT2D eigenvalue weighted by Gasteiger charge is -2.12.